The molecule has 6 heteroatoms. The van der Waals surface area contributed by atoms with Crippen molar-refractivity contribution in [1.82, 2.24) is 9.80 Å². The minimum atomic E-state index is -0.126. The Morgan fingerprint density at radius 2 is 1.53 bits per heavy atom. The molecule has 1 saturated heterocycles. The van der Waals surface area contributed by atoms with E-state index in [1.165, 1.54) is 5.56 Å². The first-order valence-corrected chi connectivity index (χ1v) is 11.8. The molecule has 0 saturated carbocycles. The van der Waals surface area contributed by atoms with Gasteiger partial charge in [0.1, 0.15) is 0 Å². The van der Waals surface area contributed by atoms with Gasteiger partial charge in [-0.2, -0.15) is 11.8 Å². The predicted octanol–water partition coefficient (Wildman–Crippen LogP) is 3.90. The summed E-state index contributed by atoms with van der Waals surface area (Å²) in [4.78, 5) is 29.2. The molecule has 2 aromatic rings. The fourth-order valence-electron chi connectivity index (χ4n) is 3.48. The average molecular weight is 426 g/mol. The highest BCUT2D eigenvalue weighted by Gasteiger charge is 2.17. The molecule has 160 valence electrons. The van der Waals surface area contributed by atoms with Crippen LogP contribution in [0.3, 0.4) is 0 Å². The monoisotopic (exact) mass is 425 g/mol. The average Bonchev–Trinajstić information content (AvgIpc) is 2.79. The van der Waals surface area contributed by atoms with Crippen LogP contribution in [0.15, 0.2) is 48.5 Å². The zero-order valence-corrected chi connectivity index (χ0v) is 18.7. The van der Waals surface area contributed by atoms with Crippen LogP contribution in [0, 0.1) is 0 Å². The van der Waals surface area contributed by atoms with Crippen molar-refractivity contribution in [3.05, 3.63) is 65.2 Å². The molecule has 1 aliphatic rings. The van der Waals surface area contributed by atoms with Gasteiger partial charge < -0.3 is 10.2 Å². The topological polar surface area (TPSA) is 52.7 Å². The predicted molar refractivity (Wildman–Crippen MR) is 125 cm³/mol. The molecule has 2 aromatic carbocycles. The van der Waals surface area contributed by atoms with Gasteiger partial charge in [-0.25, -0.2) is 0 Å². The second-order valence-electron chi connectivity index (χ2n) is 7.48. The Balaban J connectivity index is 1.53. The molecule has 1 N–H and O–H groups in total. The van der Waals surface area contributed by atoms with Gasteiger partial charge in [-0.3, -0.25) is 14.5 Å². The second kappa shape index (κ2) is 11.2. The van der Waals surface area contributed by atoms with Gasteiger partial charge in [0.25, 0.3) is 5.91 Å². The van der Waals surface area contributed by atoms with E-state index in [1.54, 1.807) is 0 Å². The van der Waals surface area contributed by atoms with Crippen LogP contribution in [0.25, 0.3) is 0 Å². The van der Waals surface area contributed by atoms with Gasteiger partial charge in [0.2, 0.25) is 5.91 Å². The van der Waals surface area contributed by atoms with Crippen molar-refractivity contribution in [2.24, 2.45) is 0 Å². The number of rotatable bonds is 8. The standard InChI is InChI=1S/C24H31N3O2S/c1-3-26(4-2)18-20-5-9-21(10-6-20)24(29)25-22-11-7-19(8-12-22)17-23(28)27-13-15-30-16-14-27/h5-12H,3-4,13-18H2,1-2H3,(H,25,29). The molecule has 1 fully saturated rings. The third kappa shape index (κ3) is 6.34. The molecule has 0 bridgehead atoms. The number of carbonyl (C=O) groups excluding carboxylic acids is 2. The van der Waals surface area contributed by atoms with Gasteiger partial charge in [0.05, 0.1) is 6.42 Å². The highest BCUT2D eigenvalue weighted by atomic mass is 32.2. The summed E-state index contributed by atoms with van der Waals surface area (Å²) in [7, 11) is 0. The maximum Gasteiger partial charge on any atom is 0.255 e. The quantitative estimate of drug-likeness (QED) is 0.697. The number of nitrogens with one attached hydrogen (secondary N) is 1. The molecule has 1 heterocycles. The Hall–Kier alpha value is -2.31. The number of anilines is 1. The summed E-state index contributed by atoms with van der Waals surface area (Å²) in [5.41, 5.74) is 3.55. The molecule has 2 amide bonds. The molecule has 0 aliphatic carbocycles. The second-order valence-corrected chi connectivity index (χ2v) is 8.70. The fraction of sp³-hybridized carbons (Fsp3) is 0.417. The molecular formula is C24H31N3O2S. The van der Waals surface area contributed by atoms with E-state index in [-0.39, 0.29) is 11.8 Å². The SMILES string of the molecule is CCN(CC)Cc1ccc(C(=O)Nc2ccc(CC(=O)N3CCSCC3)cc2)cc1. The van der Waals surface area contributed by atoms with Crippen molar-refractivity contribution in [3.8, 4) is 0 Å². The normalized spacial score (nSPS) is 14.0. The van der Waals surface area contributed by atoms with Gasteiger partial charge >= 0.3 is 0 Å². The Kier molecular flexibility index (Phi) is 8.34. The van der Waals surface area contributed by atoms with Crippen molar-refractivity contribution < 1.29 is 9.59 Å². The lowest BCUT2D eigenvalue weighted by Gasteiger charge is -2.26. The van der Waals surface area contributed by atoms with E-state index < -0.39 is 0 Å². The summed E-state index contributed by atoms with van der Waals surface area (Å²) in [6, 6.07) is 15.3. The zero-order valence-electron chi connectivity index (χ0n) is 17.9. The number of hydrogen-bond donors (Lipinski definition) is 1. The van der Waals surface area contributed by atoms with E-state index in [4.69, 9.17) is 0 Å². The molecular weight excluding hydrogens is 394 g/mol. The van der Waals surface area contributed by atoms with Crippen molar-refractivity contribution in [2.75, 3.05) is 43.0 Å². The van der Waals surface area contributed by atoms with Crippen molar-refractivity contribution in [3.63, 3.8) is 0 Å². The van der Waals surface area contributed by atoms with Crippen LogP contribution in [0.4, 0.5) is 5.69 Å². The maximum atomic E-state index is 12.5. The molecule has 30 heavy (non-hydrogen) atoms. The molecule has 0 unspecified atom stereocenters. The van der Waals surface area contributed by atoms with Gasteiger partial charge in [-0.15, -0.1) is 0 Å². The fourth-order valence-corrected chi connectivity index (χ4v) is 4.38. The third-order valence-electron chi connectivity index (χ3n) is 5.45. The minimum Gasteiger partial charge on any atom is -0.341 e. The summed E-state index contributed by atoms with van der Waals surface area (Å²) in [5.74, 6) is 2.09. The lowest BCUT2D eigenvalue weighted by atomic mass is 10.1. The van der Waals surface area contributed by atoms with Crippen molar-refractivity contribution in [1.29, 1.82) is 0 Å². The molecule has 3 rings (SSSR count). The number of hydrogen-bond acceptors (Lipinski definition) is 4. The van der Waals surface area contributed by atoms with E-state index in [1.807, 2.05) is 65.2 Å². The zero-order chi connectivity index (χ0) is 21.3. The molecule has 1 aliphatic heterocycles. The van der Waals surface area contributed by atoms with Gasteiger partial charge in [0.15, 0.2) is 0 Å². The van der Waals surface area contributed by atoms with E-state index in [0.717, 1.165) is 55.5 Å². The number of thioether (sulfide) groups is 1. The minimum absolute atomic E-state index is 0.126. The lowest BCUT2D eigenvalue weighted by Crippen LogP contribution is -2.38. The maximum absolute atomic E-state index is 12.5. The molecule has 5 nitrogen and oxygen atoms in total. The van der Waals surface area contributed by atoms with Crippen LogP contribution in [0.5, 0.6) is 0 Å². The van der Waals surface area contributed by atoms with Gasteiger partial charge in [-0.1, -0.05) is 38.1 Å². The van der Waals surface area contributed by atoms with Crippen LogP contribution < -0.4 is 5.32 Å². The number of benzene rings is 2. The number of nitrogens with zero attached hydrogens (tertiary/aromatic N) is 2. The molecule has 0 atom stereocenters. The summed E-state index contributed by atoms with van der Waals surface area (Å²) < 4.78 is 0. The smallest absolute Gasteiger partial charge is 0.255 e. The summed E-state index contributed by atoms with van der Waals surface area (Å²) in [6.07, 6.45) is 0.410. The molecule has 0 spiro atoms. The van der Waals surface area contributed by atoms with E-state index >= 15 is 0 Å². The number of amides is 2. The van der Waals surface area contributed by atoms with Crippen molar-refractivity contribution in [2.45, 2.75) is 26.8 Å². The first-order valence-electron chi connectivity index (χ1n) is 10.7. The largest absolute Gasteiger partial charge is 0.341 e. The van der Waals surface area contributed by atoms with E-state index in [2.05, 4.69) is 24.1 Å². The summed E-state index contributed by atoms with van der Waals surface area (Å²) in [6.45, 7) is 8.90. The van der Waals surface area contributed by atoms with Crippen LogP contribution in [-0.4, -0.2) is 59.3 Å². The number of carbonyl (C=O) groups is 2. The van der Waals surface area contributed by atoms with E-state index in [0.29, 0.717) is 12.0 Å². The van der Waals surface area contributed by atoms with E-state index in [9.17, 15) is 9.59 Å². The van der Waals surface area contributed by atoms with Crippen LogP contribution >= 0.6 is 11.8 Å². The van der Waals surface area contributed by atoms with Crippen LogP contribution in [0.2, 0.25) is 0 Å². The van der Waals surface area contributed by atoms with Crippen molar-refractivity contribution >= 4 is 29.3 Å². The first-order chi connectivity index (χ1) is 14.6. The Morgan fingerprint density at radius 3 is 2.13 bits per heavy atom. The van der Waals surface area contributed by atoms with Crippen LogP contribution in [-0.2, 0) is 17.8 Å². The third-order valence-corrected chi connectivity index (χ3v) is 6.39. The summed E-state index contributed by atoms with van der Waals surface area (Å²) in [5, 5.41) is 2.94. The Labute approximate surface area is 183 Å². The Morgan fingerprint density at radius 1 is 0.933 bits per heavy atom. The summed E-state index contributed by atoms with van der Waals surface area (Å²) >= 11 is 1.90. The highest BCUT2D eigenvalue weighted by molar-refractivity contribution is 7.99. The highest BCUT2D eigenvalue weighted by Crippen LogP contribution is 2.15. The molecule has 0 aromatic heterocycles. The Bertz CT molecular complexity index is 827. The van der Waals surface area contributed by atoms with Gasteiger partial charge in [0, 0.05) is 42.4 Å². The first kappa shape index (κ1) is 22.4. The van der Waals surface area contributed by atoms with Crippen LogP contribution in [0.1, 0.15) is 35.3 Å². The lowest BCUT2D eigenvalue weighted by molar-refractivity contribution is -0.130. The molecule has 0 radical (unpaired) electrons. The van der Waals surface area contributed by atoms with Gasteiger partial charge in [-0.05, 0) is 48.5 Å².